The van der Waals surface area contributed by atoms with E-state index in [4.69, 9.17) is 23.2 Å². The average Bonchev–Trinajstić information content (AvgIpc) is 2.45. The van der Waals surface area contributed by atoms with Gasteiger partial charge in [-0.15, -0.1) is 0 Å². The number of halogens is 2. The van der Waals surface area contributed by atoms with Crippen molar-refractivity contribution in [1.29, 1.82) is 0 Å². The molecule has 1 unspecified atom stereocenters. The SMILES string of the molecule is CCCN(C1CCCNC1)S(=O)(=O)c1c(Cl)cccc1Cl. The molecule has 1 aliphatic heterocycles. The number of piperidine rings is 1. The Balaban J connectivity index is 2.42. The van der Waals surface area contributed by atoms with E-state index in [-0.39, 0.29) is 21.0 Å². The van der Waals surface area contributed by atoms with Crippen LogP contribution in [0, 0.1) is 0 Å². The van der Waals surface area contributed by atoms with Crippen molar-refractivity contribution in [2.45, 2.75) is 37.1 Å². The molecule has 1 atom stereocenters. The minimum absolute atomic E-state index is 0.0207. The summed E-state index contributed by atoms with van der Waals surface area (Å²) in [5.41, 5.74) is 0. The first kappa shape index (κ1) is 17.0. The molecule has 1 N–H and O–H groups in total. The van der Waals surface area contributed by atoms with Gasteiger partial charge in [-0.2, -0.15) is 4.31 Å². The van der Waals surface area contributed by atoms with Crippen molar-refractivity contribution in [1.82, 2.24) is 9.62 Å². The number of hydrogen-bond donors (Lipinski definition) is 1. The van der Waals surface area contributed by atoms with E-state index in [1.165, 1.54) is 0 Å². The molecule has 2 rings (SSSR count). The van der Waals surface area contributed by atoms with E-state index in [2.05, 4.69) is 5.32 Å². The summed E-state index contributed by atoms with van der Waals surface area (Å²) in [5, 5.41) is 3.60. The Kier molecular flexibility index (Phi) is 5.91. The van der Waals surface area contributed by atoms with Gasteiger partial charge in [0.05, 0.1) is 10.0 Å². The Hall–Kier alpha value is -0.330. The van der Waals surface area contributed by atoms with Crippen molar-refractivity contribution in [2.24, 2.45) is 0 Å². The molecule has 0 spiro atoms. The minimum Gasteiger partial charge on any atom is -0.315 e. The first-order chi connectivity index (χ1) is 9.98. The molecular weight excluding hydrogens is 331 g/mol. The third-order valence-corrected chi connectivity index (χ3v) is 6.52. The zero-order chi connectivity index (χ0) is 15.5. The van der Waals surface area contributed by atoms with Gasteiger partial charge in [-0.05, 0) is 37.9 Å². The van der Waals surface area contributed by atoms with Crippen molar-refractivity contribution in [2.75, 3.05) is 19.6 Å². The van der Waals surface area contributed by atoms with Crippen molar-refractivity contribution in [3.05, 3.63) is 28.2 Å². The van der Waals surface area contributed by atoms with Crippen LogP contribution in [0.15, 0.2) is 23.1 Å². The summed E-state index contributed by atoms with van der Waals surface area (Å²) < 4.78 is 27.5. The summed E-state index contributed by atoms with van der Waals surface area (Å²) in [6.07, 6.45) is 2.57. The second kappa shape index (κ2) is 7.29. The molecule has 0 saturated carbocycles. The minimum atomic E-state index is -3.69. The molecular formula is C14H20Cl2N2O2S. The third kappa shape index (κ3) is 3.71. The number of benzene rings is 1. The average molecular weight is 351 g/mol. The molecule has 1 heterocycles. The molecule has 0 amide bonds. The molecule has 1 aromatic carbocycles. The highest BCUT2D eigenvalue weighted by molar-refractivity contribution is 7.89. The fourth-order valence-electron chi connectivity index (χ4n) is 2.64. The molecule has 0 radical (unpaired) electrons. The van der Waals surface area contributed by atoms with Crippen LogP contribution in [-0.2, 0) is 10.0 Å². The first-order valence-electron chi connectivity index (χ1n) is 7.15. The zero-order valence-electron chi connectivity index (χ0n) is 12.0. The lowest BCUT2D eigenvalue weighted by molar-refractivity contribution is 0.266. The van der Waals surface area contributed by atoms with E-state index in [1.807, 2.05) is 6.92 Å². The summed E-state index contributed by atoms with van der Waals surface area (Å²) in [6.45, 7) is 4.04. The maximum Gasteiger partial charge on any atom is 0.246 e. The molecule has 7 heteroatoms. The molecule has 1 saturated heterocycles. The lowest BCUT2D eigenvalue weighted by atomic mass is 10.1. The van der Waals surface area contributed by atoms with Crippen LogP contribution in [0.1, 0.15) is 26.2 Å². The maximum absolute atomic E-state index is 13.0. The molecule has 1 fully saturated rings. The monoisotopic (exact) mass is 350 g/mol. The van der Waals surface area contributed by atoms with Crippen LogP contribution in [-0.4, -0.2) is 38.4 Å². The summed E-state index contributed by atoms with van der Waals surface area (Å²) >= 11 is 12.2. The topological polar surface area (TPSA) is 49.4 Å². The van der Waals surface area contributed by atoms with Gasteiger partial charge in [0.1, 0.15) is 4.90 Å². The number of nitrogens with zero attached hydrogens (tertiary/aromatic N) is 1. The molecule has 0 aromatic heterocycles. The predicted molar refractivity (Wildman–Crippen MR) is 86.5 cm³/mol. The van der Waals surface area contributed by atoms with E-state index in [0.29, 0.717) is 13.1 Å². The van der Waals surface area contributed by atoms with Gasteiger partial charge in [0.25, 0.3) is 0 Å². The number of sulfonamides is 1. The lowest BCUT2D eigenvalue weighted by Crippen LogP contribution is -2.49. The molecule has 0 bridgehead atoms. The summed E-state index contributed by atoms with van der Waals surface area (Å²) in [7, 11) is -3.69. The Morgan fingerprint density at radius 3 is 2.52 bits per heavy atom. The van der Waals surface area contributed by atoms with Crippen LogP contribution in [0.5, 0.6) is 0 Å². The van der Waals surface area contributed by atoms with E-state index in [0.717, 1.165) is 25.8 Å². The Morgan fingerprint density at radius 1 is 1.33 bits per heavy atom. The fourth-order valence-corrected chi connectivity index (χ4v) is 5.49. The summed E-state index contributed by atoms with van der Waals surface area (Å²) in [5.74, 6) is 0. The predicted octanol–water partition coefficient (Wildman–Crippen LogP) is 3.15. The molecule has 21 heavy (non-hydrogen) atoms. The highest BCUT2D eigenvalue weighted by atomic mass is 35.5. The smallest absolute Gasteiger partial charge is 0.246 e. The van der Waals surface area contributed by atoms with Crippen molar-refractivity contribution < 1.29 is 8.42 Å². The molecule has 0 aliphatic carbocycles. The van der Waals surface area contributed by atoms with Crippen LogP contribution in [0.25, 0.3) is 0 Å². The molecule has 1 aromatic rings. The Morgan fingerprint density at radius 2 is 2.00 bits per heavy atom. The van der Waals surface area contributed by atoms with Crippen molar-refractivity contribution in [3.8, 4) is 0 Å². The quantitative estimate of drug-likeness (QED) is 0.887. The maximum atomic E-state index is 13.0. The van der Waals surface area contributed by atoms with Crippen LogP contribution < -0.4 is 5.32 Å². The van der Waals surface area contributed by atoms with Crippen molar-refractivity contribution in [3.63, 3.8) is 0 Å². The van der Waals surface area contributed by atoms with Crippen LogP contribution >= 0.6 is 23.2 Å². The largest absolute Gasteiger partial charge is 0.315 e. The van der Waals surface area contributed by atoms with Gasteiger partial charge in [-0.3, -0.25) is 0 Å². The lowest BCUT2D eigenvalue weighted by Gasteiger charge is -2.34. The normalized spacial score (nSPS) is 19.9. The molecule has 1 aliphatic rings. The van der Waals surface area contributed by atoms with Gasteiger partial charge in [0, 0.05) is 19.1 Å². The van der Waals surface area contributed by atoms with E-state index >= 15 is 0 Å². The fraction of sp³-hybridized carbons (Fsp3) is 0.571. The Bertz CT molecular complexity index is 566. The van der Waals surface area contributed by atoms with Crippen LogP contribution in [0.2, 0.25) is 10.0 Å². The Labute approximate surface area is 136 Å². The second-order valence-electron chi connectivity index (χ2n) is 5.17. The first-order valence-corrected chi connectivity index (χ1v) is 9.34. The van der Waals surface area contributed by atoms with E-state index in [9.17, 15) is 8.42 Å². The van der Waals surface area contributed by atoms with Gasteiger partial charge in [-0.1, -0.05) is 36.2 Å². The number of rotatable bonds is 5. The van der Waals surface area contributed by atoms with Crippen molar-refractivity contribution >= 4 is 33.2 Å². The second-order valence-corrected chi connectivity index (χ2v) is 7.81. The van der Waals surface area contributed by atoms with Crippen LogP contribution in [0.3, 0.4) is 0 Å². The van der Waals surface area contributed by atoms with Gasteiger partial charge in [0.15, 0.2) is 0 Å². The van der Waals surface area contributed by atoms with Crippen LogP contribution in [0.4, 0.5) is 0 Å². The van der Waals surface area contributed by atoms with Gasteiger partial charge >= 0.3 is 0 Å². The highest BCUT2D eigenvalue weighted by Gasteiger charge is 2.34. The summed E-state index contributed by atoms with van der Waals surface area (Å²) in [6, 6.07) is 4.72. The standard InChI is InChI=1S/C14H20Cl2N2O2S/c1-2-9-18(11-5-4-8-17-10-11)21(19,20)14-12(15)6-3-7-13(14)16/h3,6-7,11,17H,2,4-5,8-10H2,1H3. The zero-order valence-corrected chi connectivity index (χ0v) is 14.3. The molecule has 118 valence electrons. The highest BCUT2D eigenvalue weighted by Crippen LogP contribution is 2.33. The number of nitrogens with one attached hydrogen (secondary N) is 1. The van der Waals surface area contributed by atoms with Gasteiger partial charge in [0.2, 0.25) is 10.0 Å². The third-order valence-electron chi connectivity index (χ3n) is 3.61. The van der Waals surface area contributed by atoms with Gasteiger partial charge in [-0.25, -0.2) is 8.42 Å². The summed E-state index contributed by atoms with van der Waals surface area (Å²) in [4.78, 5) is 0.0207. The van der Waals surface area contributed by atoms with Gasteiger partial charge < -0.3 is 5.32 Å². The van der Waals surface area contributed by atoms with E-state index in [1.54, 1.807) is 22.5 Å². The number of hydrogen-bond acceptors (Lipinski definition) is 3. The molecule has 4 nitrogen and oxygen atoms in total. The van der Waals surface area contributed by atoms with E-state index < -0.39 is 10.0 Å².